The quantitative estimate of drug-likeness (QED) is 0.725. The van der Waals surface area contributed by atoms with Gasteiger partial charge in [0.25, 0.3) is 0 Å². The minimum Gasteiger partial charge on any atom is -0.297 e. The number of benzene rings is 1. The molecule has 1 aliphatic heterocycles. The lowest BCUT2D eigenvalue weighted by molar-refractivity contribution is -0.141. The molecule has 0 radical (unpaired) electrons. The fraction of sp³-hybridized carbons (Fsp3) is 0.308. The highest BCUT2D eigenvalue weighted by atomic mass is 16.2. The molecule has 0 aromatic heterocycles. The summed E-state index contributed by atoms with van der Waals surface area (Å²) in [6.07, 6.45) is 0.729. The van der Waals surface area contributed by atoms with Crippen LogP contribution in [0.1, 0.15) is 18.4 Å². The van der Waals surface area contributed by atoms with Crippen LogP contribution in [0.25, 0.3) is 0 Å². The molecule has 0 unspecified atom stereocenters. The molecule has 4 heteroatoms. The first kappa shape index (κ1) is 11.5. The van der Waals surface area contributed by atoms with Crippen molar-refractivity contribution in [3.63, 3.8) is 0 Å². The maximum Gasteiger partial charge on any atom is 0.230 e. The first-order chi connectivity index (χ1) is 8.16. The molecule has 1 fully saturated rings. The van der Waals surface area contributed by atoms with E-state index in [0.717, 1.165) is 10.5 Å². The zero-order valence-corrected chi connectivity index (χ0v) is 9.39. The molecule has 1 aliphatic rings. The molecule has 0 spiro atoms. The number of nitrogens with zero attached hydrogens (tertiary/aromatic N) is 1. The van der Waals surface area contributed by atoms with Crippen LogP contribution in [-0.2, 0) is 20.8 Å². The maximum absolute atomic E-state index is 11.7. The number of imide groups is 1. The van der Waals surface area contributed by atoms with Crippen LogP contribution < -0.4 is 0 Å². The summed E-state index contributed by atoms with van der Waals surface area (Å²) in [6, 6.07) is 9.29. The molecule has 2 amide bonds. The number of amides is 2. The average molecular weight is 231 g/mol. The molecule has 4 nitrogen and oxygen atoms in total. The summed E-state index contributed by atoms with van der Waals surface area (Å²) >= 11 is 0. The fourth-order valence-corrected chi connectivity index (χ4v) is 1.86. The van der Waals surface area contributed by atoms with Gasteiger partial charge in [-0.2, -0.15) is 0 Å². The van der Waals surface area contributed by atoms with E-state index >= 15 is 0 Å². The molecule has 1 aromatic rings. The number of ketones is 1. The summed E-state index contributed by atoms with van der Waals surface area (Å²) in [7, 11) is 0. The molecule has 0 saturated carbocycles. The monoisotopic (exact) mass is 231 g/mol. The van der Waals surface area contributed by atoms with Crippen molar-refractivity contribution < 1.29 is 14.4 Å². The van der Waals surface area contributed by atoms with E-state index < -0.39 is 0 Å². The molecule has 0 aliphatic carbocycles. The van der Waals surface area contributed by atoms with E-state index in [1.165, 1.54) is 0 Å². The molecule has 17 heavy (non-hydrogen) atoms. The van der Waals surface area contributed by atoms with Gasteiger partial charge in [-0.15, -0.1) is 0 Å². The lowest BCUT2D eigenvalue weighted by atomic mass is 10.1. The third-order valence-electron chi connectivity index (χ3n) is 2.73. The Kier molecular flexibility index (Phi) is 3.32. The summed E-state index contributed by atoms with van der Waals surface area (Å²) in [5, 5.41) is 0. The van der Waals surface area contributed by atoms with Crippen LogP contribution in [0.3, 0.4) is 0 Å². The van der Waals surface area contributed by atoms with Gasteiger partial charge in [0.2, 0.25) is 11.8 Å². The van der Waals surface area contributed by atoms with Crippen LogP contribution in [0, 0.1) is 0 Å². The van der Waals surface area contributed by atoms with Crippen LogP contribution in [0.4, 0.5) is 0 Å². The number of likely N-dealkylation sites (tertiary alicyclic amines) is 1. The SMILES string of the molecule is O=C(Cc1ccccc1)CN1C(=O)CCC1=O. The summed E-state index contributed by atoms with van der Waals surface area (Å²) < 4.78 is 0. The number of rotatable bonds is 4. The van der Waals surface area contributed by atoms with Crippen LogP contribution in [0.5, 0.6) is 0 Å². The van der Waals surface area contributed by atoms with Crippen molar-refractivity contribution in [2.45, 2.75) is 19.3 Å². The second kappa shape index (κ2) is 4.91. The van der Waals surface area contributed by atoms with E-state index in [1.54, 1.807) is 0 Å². The Labute approximate surface area is 99.2 Å². The summed E-state index contributed by atoms with van der Waals surface area (Å²) in [5.74, 6) is -0.590. The third kappa shape index (κ3) is 2.78. The van der Waals surface area contributed by atoms with Gasteiger partial charge in [-0.1, -0.05) is 30.3 Å². The molecule has 1 saturated heterocycles. The van der Waals surface area contributed by atoms with Crippen LogP contribution in [0.2, 0.25) is 0 Å². The predicted molar refractivity (Wildman–Crippen MR) is 61.1 cm³/mol. The van der Waals surface area contributed by atoms with Crippen molar-refractivity contribution >= 4 is 17.6 Å². The van der Waals surface area contributed by atoms with Crippen molar-refractivity contribution in [1.29, 1.82) is 0 Å². The molecule has 88 valence electrons. The normalized spacial score (nSPS) is 15.4. The first-order valence-electron chi connectivity index (χ1n) is 5.55. The highest BCUT2D eigenvalue weighted by Crippen LogP contribution is 2.11. The van der Waals surface area contributed by atoms with Crippen LogP contribution in [-0.4, -0.2) is 29.0 Å². The van der Waals surface area contributed by atoms with E-state index in [2.05, 4.69) is 0 Å². The Hall–Kier alpha value is -1.97. The van der Waals surface area contributed by atoms with E-state index in [4.69, 9.17) is 0 Å². The third-order valence-corrected chi connectivity index (χ3v) is 2.73. The summed E-state index contributed by atoms with van der Waals surface area (Å²) in [5.41, 5.74) is 0.900. The Bertz CT molecular complexity index is 437. The van der Waals surface area contributed by atoms with Gasteiger partial charge in [0.05, 0.1) is 6.54 Å². The van der Waals surface area contributed by atoms with Gasteiger partial charge in [0.15, 0.2) is 5.78 Å². The lowest BCUT2D eigenvalue weighted by Gasteiger charge is -2.12. The van der Waals surface area contributed by atoms with Crippen LogP contribution in [0.15, 0.2) is 30.3 Å². The smallest absolute Gasteiger partial charge is 0.230 e. The molecule has 0 N–H and O–H groups in total. The minimum absolute atomic E-state index is 0.0907. The Morgan fingerprint density at radius 1 is 1.06 bits per heavy atom. The molecular formula is C13H13NO3. The van der Waals surface area contributed by atoms with Gasteiger partial charge in [-0.3, -0.25) is 19.3 Å². The summed E-state index contributed by atoms with van der Waals surface area (Å²) in [6.45, 7) is -0.0907. The predicted octanol–water partition coefficient (Wildman–Crippen LogP) is 0.947. The second-order valence-electron chi connectivity index (χ2n) is 4.07. The highest BCUT2D eigenvalue weighted by molar-refractivity contribution is 6.04. The fourth-order valence-electron chi connectivity index (χ4n) is 1.86. The lowest BCUT2D eigenvalue weighted by Crippen LogP contribution is -2.34. The van der Waals surface area contributed by atoms with Gasteiger partial charge in [0, 0.05) is 19.3 Å². The minimum atomic E-state index is -0.239. The topological polar surface area (TPSA) is 54.5 Å². The molecule has 2 rings (SSSR count). The average Bonchev–Trinajstić information content (AvgIpc) is 2.62. The van der Waals surface area contributed by atoms with Crippen molar-refractivity contribution in [3.05, 3.63) is 35.9 Å². The van der Waals surface area contributed by atoms with Gasteiger partial charge in [0.1, 0.15) is 0 Å². The molecule has 1 heterocycles. The molecular weight excluding hydrogens is 218 g/mol. The van der Waals surface area contributed by atoms with Crippen LogP contribution >= 0.6 is 0 Å². The summed E-state index contributed by atoms with van der Waals surface area (Å²) in [4.78, 5) is 35.4. The number of hydrogen-bond donors (Lipinski definition) is 0. The highest BCUT2D eigenvalue weighted by Gasteiger charge is 2.30. The number of hydrogen-bond acceptors (Lipinski definition) is 3. The molecule has 0 bridgehead atoms. The number of Topliss-reactive ketones (excluding diaryl/α,β-unsaturated/α-hetero) is 1. The van der Waals surface area contributed by atoms with Gasteiger partial charge >= 0.3 is 0 Å². The zero-order valence-electron chi connectivity index (χ0n) is 9.39. The Morgan fingerprint density at radius 3 is 2.24 bits per heavy atom. The second-order valence-corrected chi connectivity index (χ2v) is 4.07. The Morgan fingerprint density at radius 2 is 1.65 bits per heavy atom. The van der Waals surface area contributed by atoms with Gasteiger partial charge < -0.3 is 0 Å². The van der Waals surface area contributed by atoms with Crippen molar-refractivity contribution in [3.8, 4) is 0 Å². The maximum atomic E-state index is 11.7. The first-order valence-corrected chi connectivity index (χ1v) is 5.55. The van der Waals surface area contributed by atoms with Crippen molar-refractivity contribution in [2.24, 2.45) is 0 Å². The van der Waals surface area contributed by atoms with Crippen molar-refractivity contribution in [1.82, 2.24) is 4.90 Å². The van der Waals surface area contributed by atoms with E-state index in [0.29, 0.717) is 0 Å². The zero-order chi connectivity index (χ0) is 12.3. The van der Waals surface area contributed by atoms with Gasteiger partial charge in [-0.05, 0) is 5.56 Å². The van der Waals surface area contributed by atoms with E-state index in [1.807, 2.05) is 30.3 Å². The van der Waals surface area contributed by atoms with Gasteiger partial charge in [-0.25, -0.2) is 0 Å². The molecule has 1 aromatic carbocycles. The van der Waals surface area contributed by atoms with E-state index in [-0.39, 0.29) is 43.4 Å². The standard InChI is InChI=1S/C13H13NO3/c15-11(8-10-4-2-1-3-5-10)9-14-12(16)6-7-13(14)17/h1-5H,6-9H2. The number of carbonyl (C=O) groups is 3. The molecule has 0 atom stereocenters. The van der Waals surface area contributed by atoms with Crippen molar-refractivity contribution in [2.75, 3.05) is 6.54 Å². The van der Waals surface area contributed by atoms with E-state index in [9.17, 15) is 14.4 Å². The Balaban J connectivity index is 1.94. The largest absolute Gasteiger partial charge is 0.297 e. The number of carbonyl (C=O) groups excluding carboxylic acids is 3.